The summed E-state index contributed by atoms with van der Waals surface area (Å²) in [6, 6.07) is 4.76. The second-order valence-electron chi connectivity index (χ2n) is 8.80. The van der Waals surface area contributed by atoms with Gasteiger partial charge in [0.15, 0.2) is 18.8 Å². The van der Waals surface area contributed by atoms with Crippen LogP contribution in [0.3, 0.4) is 0 Å². The Balaban J connectivity index is 1.25. The molecule has 8 nitrogen and oxygen atoms in total. The van der Waals surface area contributed by atoms with E-state index in [1.165, 1.54) is 18.7 Å². The van der Waals surface area contributed by atoms with E-state index in [1.54, 1.807) is 31.1 Å². The first-order valence-corrected chi connectivity index (χ1v) is 10.4. The van der Waals surface area contributed by atoms with E-state index in [0.29, 0.717) is 29.3 Å². The Kier molecular flexibility index (Phi) is 5.84. The van der Waals surface area contributed by atoms with Crippen LogP contribution in [0.4, 0.5) is 19.7 Å². The van der Waals surface area contributed by atoms with Crippen LogP contribution in [0.25, 0.3) is 0 Å². The average Bonchev–Trinajstić information content (AvgIpc) is 3.37. The third-order valence-corrected chi connectivity index (χ3v) is 6.17. The number of oxazole rings is 1. The van der Waals surface area contributed by atoms with Crippen LogP contribution < -0.4 is 5.32 Å². The Hall–Kier alpha value is -3.10. The van der Waals surface area contributed by atoms with Gasteiger partial charge in [-0.3, -0.25) is 5.32 Å². The normalized spacial score (nSPS) is 22.3. The smallest absolute Gasteiger partial charge is 0.412 e. The SMILES string of the molecule is CN(C)C(=O)N1CCC2(CC(Cc3ccc(NC(=O)OCc4cnco4)cc3F)C2)C1. The maximum absolute atomic E-state index is 14.6. The first-order chi connectivity index (χ1) is 14.8. The highest BCUT2D eigenvalue weighted by molar-refractivity contribution is 5.84. The molecule has 9 heteroatoms. The van der Waals surface area contributed by atoms with Crippen molar-refractivity contribution in [3.8, 4) is 0 Å². The van der Waals surface area contributed by atoms with Gasteiger partial charge in [-0.2, -0.15) is 0 Å². The van der Waals surface area contributed by atoms with Crippen molar-refractivity contribution in [2.75, 3.05) is 32.5 Å². The first kappa shape index (κ1) is 21.1. The van der Waals surface area contributed by atoms with Crippen LogP contribution >= 0.6 is 0 Å². The second kappa shape index (κ2) is 8.56. The molecule has 1 saturated heterocycles. The molecule has 0 bridgehead atoms. The fourth-order valence-corrected chi connectivity index (χ4v) is 4.73. The number of hydrogen-bond acceptors (Lipinski definition) is 5. The molecule has 0 atom stereocenters. The first-order valence-electron chi connectivity index (χ1n) is 10.4. The van der Waals surface area contributed by atoms with E-state index in [9.17, 15) is 14.0 Å². The number of rotatable bonds is 5. The summed E-state index contributed by atoms with van der Waals surface area (Å²) < 4.78 is 24.6. The van der Waals surface area contributed by atoms with Crippen molar-refractivity contribution in [1.82, 2.24) is 14.8 Å². The summed E-state index contributed by atoms with van der Waals surface area (Å²) in [7, 11) is 3.54. The molecule has 1 aliphatic carbocycles. The molecule has 0 unspecified atom stereocenters. The van der Waals surface area contributed by atoms with Crippen LogP contribution in [-0.4, -0.2) is 54.1 Å². The van der Waals surface area contributed by atoms with Crippen molar-refractivity contribution in [2.45, 2.75) is 32.3 Å². The van der Waals surface area contributed by atoms with E-state index >= 15 is 0 Å². The molecule has 1 N–H and O–H groups in total. The van der Waals surface area contributed by atoms with Crippen LogP contribution in [0.1, 0.15) is 30.6 Å². The molecule has 1 aromatic carbocycles. The van der Waals surface area contributed by atoms with Crippen molar-refractivity contribution < 1.29 is 23.1 Å². The van der Waals surface area contributed by atoms with E-state index in [4.69, 9.17) is 9.15 Å². The van der Waals surface area contributed by atoms with Crippen molar-refractivity contribution in [1.29, 1.82) is 0 Å². The van der Waals surface area contributed by atoms with Crippen molar-refractivity contribution in [3.05, 3.63) is 47.9 Å². The number of carbonyl (C=O) groups is 2. The molecule has 1 spiro atoms. The van der Waals surface area contributed by atoms with Gasteiger partial charge in [0.25, 0.3) is 0 Å². The highest BCUT2D eigenvalue weighted by atomic mass is 19.1. The summed E-state index contributed by atoms with van der Waals surface area (Å²) in [4.78, 5) is 31.3. The molecular formula is C22H27FN4O4. The lowest BCUT2D eigenvalue weighted by Crippen LogP contribution is -2.43. The van der Waals surface area contributed by atoms with Gasteiger partial charge in [0.05, 0.1) is 6.20 Å². The lowest BCUT2D eigenvalue weighted by atomic mass is 9.60. The predicted molar refractivity (Wildman–Crippen MR) is 111 cm³/mol. The molecule has 1 aliphatic heterocycles. The lowest BCUT2D eigenvalue weighted by Gasteiger charge is -2.45. The number of aromatic nitrogens is 1. The standard InChI is InChI=1S/C22H27FN4O4/c1-26(2)21(29)27-6-5-22(13-27)9-15(10-22)7-16-3-4-17(8-19(16)23)25-20(28)30-12-18-11-24-14-31-18/h3-4,8,11,14-15H,5-7,9-10,12-13H2,1-2H3,(H,25,28). The minimum Gasteiger partial charge on any atom is -0.445 e. The number of nitrogens with zero attached hydrogens (tertiary/aromatic N) is 3. The topological polar surface area (TPSA) is 87.9 Å². The molecule has 3 amide bonds. The number of nitrogens with one attached hydrogen (secondary N) is 1. The molecule has 2 fully saturated rings. The highest BCUT2D eigenvalue weighted by Gasteiger charge is 2.49. The van der Waals surface area contributed by atoms with Gasteiger partial charge < -0.3 is 19.0 Å². The van der Waals surface area contributed by atoms with Crippen LogP contribution in [0.15, 0.2) is 35.2 Å². The van der Waals surface area contributed by atoms with Gasteiger partial charge in [0.2, 0.25) is 0 Å². The summed E-state index contributed by atoms with van der Waals surface area (Å²) >= 11 is 0. The number of amides is 3. The van der Waals surface area contributed by atoms with E-state index < -0.39 is 6.09 Å². The molecule has 0 radical (unpaired) electrons. The molecule has 166 valence electrons. The maximum atomic E-state index is 14.6. The number of anilines is 1. The van der Waals surface area contributed by atoms with Gasteiger partial charge in [0, 0.05) is 32.9 Å². The molecule has 1 aromatic heterocycles. The number of ether oxygens (including phenoxy) is 1. The fourth-order valence-electron chi connectivity index (χ4n) is 4.73. The molecule has 2 aromatic rings. The predicted octanol–water partition coefficient (Wildman–Crippen LogP) is 3.89. The maximum Gasteiger partial charge on any atom is 0.412 e. The Bertz CT molecular complexity index is 941. The molecule has 4 rings (SSSR count). The Morgan fingerprint density at radius 3 is 2.87 bits per heavy atom. The summed E-state index contributed by atoms with van der Waals surface area (Å²) in [6.45, 7) is 1.54. The average molecular weight is 430 g/mol. The third-order valence-electron chi connectivity index (χ3n) is 6.17. The quantitative estimate of drug-likeness (QED) is 0.778. The Labute approximate surface area is 180 Å². The van der Waals surface area contributed by atoms with E-state index in [2.05, 4.69) is 10.3 Å². The van der Waals surface area contributed by atoms with E-state index in [0.717, 1.165) is 32.4 Å². The zero-order chi connectivity index (χ0) is 22.0. The van der Waals surface area contributed by atoms with Crippen molar-refractivity contribution in [3.63, 3.8) is 0 Å². The molecule has 31 heavy (non-hydrogen) atoms. The Morgan fingerprint density at radius 2 is 2.19 bits per heavy atom. The molecular weight excluding hydrogens is 403 g/mol. The number of urea groups is 1. The summed E-state index contributed by atoms with van der Waals surface area (Å²) in [6.07, 6.45) is 5.71. The van der Waals surface area contributed by atoms with Gasteiger partial charge in [-0.1, -0.05) is 6.07 Å². The Morgan fingerprint density at radius 1 is 1.39 bits per heavy atom. The monoisotopic (exact) mass is 430 g/mol. The lowest BCUT2D eigenvalue weighted by molar-refractivity contribution is 0.0646. The largest absolute Gasteiger partial charge is 0.445 e. The summed E-state index contributed by atoms with van der Waals surface area (Å²) in [5, 5.41) is 2.51. The van der Waals surface area contributed by atoms with Gasteiger partial charge in [-0.15, -0.1) is 0 Å². The van der Waals surface area contributed by atoms with Crippen LogP contribution in [-0.2, 0) is 17.8 Å². The van der Waals surface area contributed by atoms with Gasteiger partial charge in [-0.25, -0.2) is 19.0 Å². The zero-order valence-corrected chi connectivity index (χ0v) is 17.8. The number of hydrogen-bond donors (Lipinski definition) is 1. The van der Waals surface area contributed by atoms with Crippen molar-refractivity contribution in [2.24, 2.45) is 11.3 Å². The minimum atomic E-state index is -0.692. The van der Waals surface area contributed by atoms with Crippen LogP contribution in [0.2, 0.25) is 0 Å². The number of halogens is 1. The summed E-state index contributed by atoms with van der Waals surface area (Å²) in [5.74, 6) is 0.491. The molecule has 1 saturated carbocycles. The zero-order valence-electron chi connectivity index (χ0n) is 17.8. The van der Waals surface area contributed by atoms with E-state index in [-0.39, 0.29) is 23.9 Å². The fraction of sp³-hybridized carbons (Fsp3) is 0.500. The van der Waals surface area contributed by atoms with Gasteiger partial charge >= 0.3 is 12.1 Å². The van der Waals surface area contributed by atoms with Crippen LogP contribution in [0, 0.1) is 17.2 Å². The third kappa shape index (κ3) is 4.81. The minimum absolute atomic E-state index is 0.0482. The summed E-state index contributed by atoms with van der Waals surface area (Å²) in [5.41, 5.74) is 1.17. The van der Waals surface area contributed by atoms with Gasteiger partial charge in [-0.05, 0) is 54.7 Å². The van der Waals surface area contributed by atoms with Gasteiger partial charge in [0.1, 0.15) is 5.82 Å². The number of likely N-dealkylation sites (tertiary alicyclic amines) is 1. The second-order valence-corrected chi connectivity index (χ2v) is 8.80. The highest BCUT2D eigenvalue weighted by Crippen LogP contribution is 2.52. The molecule has 2 aliphatic rings. The van der Waals surface area contributed by atoms with Crippen molar-refractivity contribution >= 4 is 17.8 Å². The number of carbonyl (C=O) groups excluding carboxylic acids is 2. The number of benzene rings is 1. The van der Waals surface area contributed by atoms with Crippen LogP contribution in [0.5, 0.6) is 0 Å². The van der Waals surface area contributed by atoms with E-state index in [1.807, 2.05) is 4.90 Å². The molecule has 2 heterocycles.